The quantitative estimate of drug-likeness (QED) is 0.638. The Morgan fingerprint density at radius 2 is 2.26 bits per heavy atom. The van der Waals surface area contributed by atoms with E-state index in [0.29, 0.717) is 6.61 Å². The number of anilines is 1. The molecule has 0 bridgehead atoms. The van der Waals surface area contributed by atoms with Gasteiger partial charge in [0, 0.05) is 31.0 Å². The van der Waals surface area contributed by atoms with E-state index in [-0.39, 0.29) is 0 Å². The number of ether oxygens (including phenoxy) is 1. The smallest absolute Gasteiger partial charge is 0.122 e. The summed E-state index contributed by atoms with van der Waals surface area (Å²) in [6, 6.07) is 7.70. The van der Waals surface area contributed by atoms with Gasteiger partial charge in [0.25, 0.3) is 0 Å². The summed E-state index contributed by atoms with van der Waals surface area (Å²) in [5.74, 6) is 0.872. The first-order chi connectivity index (χ1) is 9.20. The molecule has 1 aromatic heterocycles. The van der Waals surface area contributed by atoms with Crippen molar-refractivity contribution in [1.82, 2.24) is 9.78 Å². The number of aryl methyl sites for hydroxylation is 1. The van der Waals surface area contributed by atoms with Gasteiger partial charge in [-0.15, -0.1) is 6.58 Å². The molecule has 4 heteroatoms. The van der Waals surface area contributed by atoms with Crippen molar-refractivity contribution in [3.05, 3.63) is 54.4 Å². The Kier molecular flexibility index (Phi) is 4.23. The monoisotopic (exact) mass is 257 g/mol. The van der Waals surface area contributed by atoms with Gasteiger partial charge in [0.1, 0.15) is 5.75 Å². The average molecular weight is 257 g/mol. The molecule has 0 spiro atoms. The SMILES string of the molecule is C=CCc1cc(N)ccc1OCCc1ccnn1C. The predicted octanol–water partition coefficient (Wildman–Crippen LogP) is 2.35. The van der Waals surface area contributed by atoms with Crippen LogP contribution in [0.2, 0.25) is 0 Å². The lowest BCUT2D eigenvalue weighted by atomic mass is 10.1. The van der Waals surface area contributed by atoms with Crippen LogP contribution >= 0.6 is 0 Å². The van der Waals surface area contributed by atoms with Crippen molar-refractivity contribution in [3.8, 4) is 5.75 Å². The molecule has 0 saturated carbocycles. The van der Waals surface area contributed by atoms with Gasteiger partial charge in [0.15, 0.2) is 0 Å². The van der Waals surface area contributed by atoms with Crippen LogP contribution in [0.1, 0.15) is 11.3 Å². The third kappa shape index (κ3) is 3.37. The van der Waals surface area contributed by atoms with E-state index in [9.17, 15) is 0 Å². The van der Waals surface area contributed by atoms with Crippen LogP contribution in [0.3, 0.4) is 0 Å². The highest BCUT2D eigenvalue weighted by molar-refractivity contribution is 5.48. The number of rotatable bonds is 6. The van der Waals surface area contributed by atoms with Gasteiger partial charge in [0.05, 0.1) is 6.61 Å². The van der Waals surface area contributed by atoms with Crippen molar-refractivity contribution < 1.29 is 4.74 Å². The maximum Gasteiger partial charge on any atom is 0.122 e. The summed E-state index contributed by atoms with van der Waals surface area (Å²) < 4.78 is 7.69. The number of aromatic nitrogens is 2. The zero-order valence-electron chi connectivity index (χ0n) is 11.2. The van der Waals surface area contributed by atoms with Crippen molar-refractivity contribution in [2.24, 2.45) is 7.05 Å². The molecule has 0 aliphatic rings. The van der Waals surface area contributed by atoms with Crippen LogP contribution in [0.4, 0.5) is 5.69 Å². The fourth-order valence-corrected chi connectivity index (χ4v) is 1.97. The van der Waals surface area contributed by atoms with Crippen LogP contribution in [0, 0.1) is 0 Å². The van der Waals surface area contributed by atoms with Gasteiger partial charge < -0.3 is 10.5 Å². The van der Waals surface area contributed by atoms with Gasteiger partial charge in [-0.1, -0.05) is 6.08 Å². The third-order valence-electron chi connectivity index (χ3n) is 2.99. The predicted molar refractivity (Wildman–Crippen MR) is 77.2 cm³/mol. The number of allylic oxidation sites excluding steroid dienone is 1. The fourth-order valence-electron chi connectivity index (χ4n) is 1.97. The molecule has 19 heavy (non-hydrogen) atoms. The van der Waals surface area contributed by atoms with Gasteiger partial charge in [0.2, 0.25) is 0 Å². The normalized spacial score (nSPS) is 10.4. The Morgan fingerprint density at radius 1 is 1.42 bits per heavy atom. The Hall–Kier alpha value is -2.23. The van der Waals surface area contributed by atoms with Crippen molar-refractivity contribution in [3.63, 3.8) is 0 Å². The van der Waals surface area contributed by atoms with Gasteiger partial charge in [-0.25, -0.2) is 0 Å². The van der Waals surface area contributed by atoms with Crippen LogP contribution in [0.25, 0.3) is 0 Å². The summed E-state index contributed by atoms with van der Waals surface area (Å²) in [5, 5.41) is 4.13. The Bertz CT molecular complexity index is 560. The molecule has 0 aliphatic carbocycles. The second kappa shape index (κ2) is 6.09. The van der Waals surface area contributed by atoms with E-state index in [1.807, 2.05) is 42.1 Å². The molecule has 0 aliphatic heterocycles. The molecule has 4 nitrogen and oxygen atoms in total. The van der Waals surface area contributed by atoms with Gasteiger partial charge in [-0.05, 0) is 36.2 Å². The van der Waals surface area contributed by atoms with E-state index in [1.54, 1.807) is 6.20 Å². The molecule has 100 valence electrons. The molecule has 0 saturated heterocycles. The largest absolute Gasteiger partial charge is 0.493 e. The lowest BCUT2D eigenvalue weighted by molar-refractivity contribution is 0.316. The second-order valence-corrected chi connectivity index (χ2v) is 4.40. The minimum absolute atomic E-state index is 0.619. The van der Waals surface area contributed by atoms with Gasteiger partial charge >= 0.3 is 0 Å². The summed E-state index contributed by atoms with van der Waals surface area (Å²) in [5.41, 5.74) is 8.75. The number of benzene rings is 1. The molecule has 0 atom stereocenters. The van der Waals surface area contributed by atoms with E-state index in [2.05, 4.69) is 11.7 Å². The first-order valence-electron chi connectivity index (χ1n) is 6.29. The van der Waals surface area contributed by atoms with Crippen LogP contribution < -0.4 is 10.5 Å². The molecule has 2 rings (SSSR count). The molecule has 0 radical (unpaired) electrons. The molecule has 1 heterocycles. The van der Waals surface area contributed by atoms with E-state index in [4.69, 9.17) is 10.5 Å². The highest BCUT2D eigenvalue weighted by Crippen LogP contribution is 2.22. The molecular formula is C15H19N3O. The van der Waals surface area contributed by atoms with Crippen LogP contribution in [-0.4, -0.2) is 16.4 Å². The zero-order chi connectivity index (χ0) is 13.7. The molecule has 1 aromatic carbocycles. The third-order valence-corrected chi connectivity index (χ3v) is 2.99. The van der Waals surface area contributed by atoms with Crippen molar-refractivity contribution >= 4 is 5.69 Å². The summed E-state index contributed by atoms with van der Waals surface area (Å²) in [4.78, 5) is 0. The molecule has 0 fully saturated rings. The Labute approximate surface area is 113 Å². The van der Waals surface area contributed by atoms with Crippen molar-refractivity contribution in [2.75, 3.05) is 12.3 Å². The molecule has 0 amide bonds. The van der Waals surface area contributed by atoms with E-state index >= 15 is 0 Å². The van der Waals surface area contributed by atoms with E-state index in [1.165, 1.54) is 0 Å². The first-order valence-corrected chi connectivity index (χ1v) is 6.29. The highest BCUT2D eigenvalue weighted by Gasteiger charge is 2.04. The van der Waals surface area contributed by atoms with Crippen molar-refractivity contribution in [2.45, 2.75) is 12.8 Å². The van der Waals surface area contributed by atoms with Gasteiger partial charge in [-0.3, -0.25) is 4.68 Å². The Morgan fingerprint density at radius 3 is 2.95 bits per heavy atom. The number of nitrogen functional groups attached to an aromatic ring is 1. The highest BCUT2D eigenvalue weighted by atomic mass is 16.5. The maximum absolute atomic E-state index is 5.83. The first kappa shape index (κ1) is 13.2. The molecule has 2 N–H and O–H groups in total. The number of hydrogen-bond donors (Lipinski definition) is 1. The average Bonchev–Trinajstić information content (AvgIpc) is 2.78. The van der Waals surface area contributed by atoms with Crippen LogP contribution in [-0.2, 0) is 19.9 Å². The summed E-state index contributed by atoms with van der Waals surface area (Å²) in [6.07, 6.45) is 5.23. The minimum atomic E-state index is 0.619. The van der Waals surface area contributed by atoms with E-state index in [0.717, 1.165) is 35.5 Å². The maximum atomic E-state index is 5.83. The number of hydrogen-bond acceptors (Lipinski definition) is 3. The Balaban J connectivity index is 1.99. The standard InChI is InChI=1S/C15H19N3O/c1-3-4-12-11-13(16)5-6-15(12)19-10-8-14-7-9-17-18(14)2/h3,5-7,9,11H,1,4,8,10,16H2,2H3. The molecule has 0 unspecified atom stereocenters. The summed E-state index contributed by atoms with van der Waals surface area (Å²) in [6.45, 7) is 4.37. The number of nitrogens with zero attached hydrogens (tertiary/aromatic N) is 2. The lowest BCUT2D eigenvalue weighted by Crippen LogP contribution is -2.07. The zero-order valence-corrected chi connectivity index (χ0v) is 11.2. The second-order valence-electron chi connectivity index (χ2n) is 4.40. The summed E-state index contributed by atoms with van der Waals surface area (Å²) in [7, 11) is 1.93. The van der Waals surface area contributed by atoms with Crippen LogP contribution in [0.15, 0.2) is 43.1 Å². The summed E-state index contributed by atoms with van der Waals surface area (Å²) >= 11 is 0. The molecular weight excluding hydrogens is 238 g/mol. The number of nitrogens with two attached hydrogens (primary N) is 1. The minimum Gasteiger partial charge on any atom is -0.493 e. The van der Waals surface area contributed by atoms with Gasteiger partial charge in [-0.2, -0.15) is 5.10 Å². The van der Waals surface area contributed by atoms with Crippen LogP contribution in [0.5, 0.6) is 5.75 Å². The lowest BCUT2D eigenvalue weighted by Gasteiger charge is -2.11. The topological polar surface area (TPSA) is 53.1 Å². The van der Waals surface area contributed by atoms with Crippen molar-refractivity contribution in [1.29, 1.82) is 0 Å². The van der Waals surface area contributed by atoms with E-state index < -0.39 is 0 Å². The molecule has 2 aromatic rings. The fraction of sp³-hybridized carbons (Fsp3) is 0.267.